The molecule has 0 amide bonds. The number of hydrogen-bond donors (Lipinski definition) is 1. The third-order valence-corrected chi connectivity index (χ3v) is 7.19. The number of esters is 2. The highest BCUT2D eigenvalue weighted by Crippen LogP contribution is 2.36. The SMILES string of the molecule is CCOc1nc(N)nc2c1c(I)nn2[C@H]1C[C@H](OC(=O)c2ccc(C)cc2)[C@@H](COC(=O)c2ccc(C)cc2)O1. The van der Waals surface area contributed by atoms with Crippen LogP contribution in [-0.2, 0) is 14.2 Å². The van der Waals surface area contributed by atoms with Gasteiger partial charge in [0.1, 0.15) is 27.9 Å². The summed E-state index contributed by atoms with van der Waals surface area (Å²) in [7, 11) is 0. The normalized spacial score (nSPS) is 18.6. The van der Waals surface area contributed by atoms with E-state index in [0.717, 1.165) is 11.1 Å². The molecule has 5 rings (SSSR count). The zero-order valence-corrected chi connectivity index (χ0v) is 24.3. The third-order valence-electron chi connectivity index (χ3n) is 6.44. The van der Waals surface area contributed by atoms with Gasteiger partial charge < -0.3 is 24.7 Å². The molecule has 0 unspecified atom stereocenters. The Morgan fingerprint density at radius 1 is 1.02 bits per heavy atom. The van der Waals surface area contributed by atoms with E-state index in [1.807, 2.05) is 45.0 Å². The van der Waals surface area contributed by atoms with Crippen LogP contribution in [0.1, 0.15) is 51.4 Å². The van der Waals surface area contributed by atoms with Crippen LogP contribution in [0.15, 0.2) is 48.5 Å². The maximum absolute atomic E-state index is 13.0. The average molecular weight is 657 g/mol. The maximum atomic E-state index is 13.0. The number of nitrogens with two attached hydrogens (primary N) is 1. The van der Waals surface area contributed by atoms with E-state index >= 15 is 0 Å². The lowest BCUT2D eigenvalue weighted by atomic mass is 10.1. The number of aromatic nitrogens is 4. The quantitative estimate of drug-likeness (QED) is 0.214. The monoisotopic (exact) mass is 657 g/mol. The van der Waals surface area contributed by atoms with Crippen LogP contribution in [-0.4, -0.2) is 57.1 Å². The Bertz CT molecular complexity index is 1540. The molecule has 1 aliphatic rings. The highest BCUT2D eigenvalue weighted by molar-refractivity contribution is 14.1. The molecule has 12 heteroatoms. The predicted molar refractivity (Wildman–Crippen MR) is 154 cm³/mol. The lowest BCUT2D eigenvalue weighted by Gasteiger charge is -2.19. The van der Waals surface area contributed by atoms with Crippen molar-refractivity contribution in [2.45, 2.75) is 45.6 Å². The number of fused-ring (bicyclic) bond motifs is 1. The molecule has 3 atom stereocenters. The highest BCUT2D eigenvalue weighted by atomic mass is 127. The van der Waals surface area contributed by atoms with Crippen molar-refractivity contribution in [3.8, 4) is 5.88 Å². The molecule has 0 bridgehead atoms. The van der Waals surface area contributed by atoms with Crippen LogP contribution >= 0.6 is 22.6 Å². The number of nitrogens with zero attached hydrogens (tertiary/aromatic N) is 4. The Morgan fingerprint density at radius 2 is 1.65 bits per heavy atom. The number of benzene rings is 2. The van der Waals surface area contributed by atoms with Gasteiger partial charge in [-0.05, 0) is 67.6 Å². The fourth-order valence-corrected chi connectivity index (χ4v) is 5.08. The van der Waals surface area contributed by atoms with Gasteiger partial charge >= 0.3 is 11.9 Å². The van der Waals surface area contributed by atoms with E-state index in [1.54, 1.807) is 28.9 Å². The molecule has 11 nitrogen and oxygen atoms in total. The van der Waals surface area contributed by atoms with Gasteiger partial charge in [-0.2, -0.15) is 15.1 Å². The van der Waals surface area contributed by atoms with Gasteiger partial charge in [0.05, 0.1) is 17.7 Å². The fourth-order valence-electron chi connectivity index (χ4n) is 4.37. The van der Waals surface area contributed by atoms with Gasteiger partial charge in [0.2, 0.25) is 11.8 Å². The summed E-state index contributed by atoms with van der Waals surface area (Å²) in [4.78, 5) is 34.3. The van der Waals surface area contributed by atoms with Crippen LogP contribution in [0.2, 0.25) is 0 Å². The van der Waals surface area contributed by atoms with E-state index in [2.05, 4.69) is 37.7 Å². The second-order valence-electron chi connectivity index (χ2n) is 9.39. The van der Waals surface area contributed by atoms with Gasteiger partial charge in [-0.1, -0.05) is 35.4 Å². The Kier molecular flexibility index (Phi) is 8.17. The summed E-state index contributed by atoms with van der Waals surface area (Å²) in [6.07, 6.45) is -1.93. The number of nitrogen functional groups attached to an aromatic ring is 1. The number of carbonyl (C=O) groups is 2. The van der Waals surface area contributed by atoms with Crippen molar-refractivity contribution in [3.05, 3.63) is 74.5 Å². The van der Waals surface area contributed by atoms with E-state index in [9.17, 15) is 9.59 Å². The molecule has 1 saturated heterocycles. The Labute approximate surface area is 244 Å². The molecule has 1 aliphatic heterocycles. The van der Waals surface area contributed by atoms with Crippen LogP contribution < -0.4 is 10.5 Å². The van der Waals surface area contributed by atoms with Gasteiger partial charge in [0.15, 0.2) is 11.9 Å². The molecule has 0 radical (unpaired) electrons. The van der Waals surface area contributed by atoms with Crippen molar-refractivity contribution in [3.63, 3.8) is 0 Å². The zero-order chi connectivity index (χ0) is 28.4. The fraction of sp³-hybridized carbons (Fsp3) is 0.321. The molecule has 0 aliphatic carbocycles. The van der Waals surface area contributed by atoms with Crippen molar-refractivity contribution >= 4 is 51.5 Å². The summed E-state index contributed by atoms with van der Waals surface area (Å²) in [5.74, 6) is -0.659. The van der Waals surface area contributed by atoms with E-state index in [-0.39, 0.29) is 19.0 Å². The predicted octanol–water partition coefficient (Wildman–Crippen LogP) is 4.40. The number of halogens is 1. The Balaban J connectivity index is 1.41. The number of ether oxygens (including phenoxy) is 4. The lowest BCUT2D eigenvalue weighted by Crippen LogP contribution is -2.32. The standard InChI is InChI=1S/C28H28IN5O6/c1-4-37-25-22-23(29)33-34(24(22)31-28(30)32-25)21-13-19(40-27(36)18-11-7-16(3)8-12-18)20(39-21)14-38-26(35)17-9-5-15(2)6-10-17/h5-12,19-21H,4,13-14H2,1-3H3,(H2,30,31,32)/t19-,20+,21+/m0/s1. The average Bonchev–Trinajstić information content (AvgIpc) is 3.48. The minimum Gasteiger partial charge on any atom is -0.477 e. The zero-order valence-electron chi connectivity index (χ0n) is 22.2. The first kappa shape index (κ1) is 27.8. The Morgan fingerprint density at radius 3 is 2.27 bits per heavy atom. The van der Waals surface area contributed by atoms with Gasteiger partial charge in [-0.25, -0.2) is 14.3 Å². The summed E-state index contributed by atoms with van der Waals surface area (Å²) in [6, 6.07) is 14.1. The minimum absolute atomic E-state index is 0.0254. The molecular weight excluding hydrogens is 629 g/mol. The number of anilines is 1. The molecule has 2 aromatic carbocycles. The molecule has 0 spiro atoms. The molecule has 2 N–H and O–H groups in total. The highest BCUT2D eigenvalue weighted by Gasteiger charge is 2.41. The van der Waals surface area contributed by atoms with Crippen LogP contribution in [0.4, 0.5) is 5.95 Å². The number of aryl methyl sites for hydroxylation is 2. The molecule has 40 heavy (non-hydrogen) atoms. The number of rotatable bonds is 8. The summed E-state index contributed by atoms with van der Waals surface area (Å²) < 4.78 is 25.6. The third kappa shape index (κ3) is 5.87. The first-order valence-electron chi connectivity index (χ1n) is 12.7. The first-order chi connectivity index (χ1) is 19.2. The van der Waals surface area contributed by atoms with Crippen molar-refractivity contribution in [2.75, 3.05) is 18.9 Å². The molecular formula is C28H28IN5O6. The summed E-state index contributed by atoms with van der Waals surface area (Å²) in [5, 5.41) is 5.21. The van der Waals surface area contributed by atoms with Crippen LogP contribution in [0, 0.1) is 17.5 Å². The molecule has 208 valence electrons. The minimum atomic E-state index is -0.753. The lowest BCUT2D eigenvalue weighted by molar-refractivity contribution is -0.0591. The van der Waals surface area contributed by atoms with Crippen molar-refractivity contribution in [1.82, 2.24) is 19.7 Å². The number of carbonyl (C=O) groups excluding carboxylic acids is 2. The Hall–Kier alpha value is -3.78. The molecule has 4 aromatic rings. The molecule has 0 saturated carbocycles. The van der Waals surface area contributed by atoms with Crippen molar-refractivity contribution in [1.29, 1.82) is 0 Å². The summed E-state index contributed by atoms with van der Waals surface area (Å²) in [6.45, 7) is 5.97. The van der Waals surface area contributed by atoms with E-state index in [4.69, 9.17) is 24.7 Å². The van der Waals surface area contributed by atoms with E-state index in [0.29, 0.717) is 38.3 Å². The van der Waals surface area contributed by atoms with Crippen molar-refractivity contribution in [2.24, 2.45) is 0 Å². The molecule has 3 heterocycles. The summed E-state index contributed by atoms with van der Waals surface area (Å²) in [5.41, 5.74) is 9.25. The topological polar surface area (TPSA) is 141 Å². The van der Waals surface area contributed by atoms with Crippen LogP contribution in [0.25, 0.3) is 11.0 Å². The van der Waals surface area contributed by atoms with Crippen LogP contribution in [0.5, 0.6) is 5.88 Å². The van der Waals surface area contributed by atoms with Gasteiger partial charge in [0, 0.05) is 6.42 Å². The second kappa shape index (κ2) is 11.8. The van der Waals surface area contributed by atoms with Crippen molar-refractivity contribution < 1.29 is 28.5 Å². The van der Waals surface area contributed by atoms with Crippen LogP contribution in [0.3, 0.4) is 0 Å². The molecule has 2 aromatic heterocycles. The van der Waals surface area contributed by atoms with E-state index < -0.39 is 30.4 Å². The van der Waals surface area contributed by atoms with Gasteiger partial charge in [-0.3, -0.25) is 0 Å². The largest absolute Gasteiger partial charge is 0.477 e. The summed E-state index contributed by atoms with van der Waals surface area (Å²) >= 11 is 2.07. The molecule has 1 fully saturated rings. The van der Waals surface area contributed by atoms with Gasteiger partial charge in [0.25, 0.3) is 0 Å². The first-order valence-corrected chi connectivity index (χ1v) is 13.8. The van der Waals surface area contributed by atoms with Gasteiger partial charge in [-0.15, -0.1) is 0 Å². The second-order valence-corrected chi connectivity index (χ2v) is 10.4. The maximum Gasteiger partial charge on any atom is 0.338 e. The smallest absolute Gasteiger partial charge is 0.338 e. The van der Waals surface area contributed by atoms with E-state index in [1.165, 1.54) is 0 Å². The number of hydrogen-bond acceptors (Lipinski definition) is 10.